The Morgan fingerprint density at radius 2 is 1.58 bits per heavy atom. The molecule has 0 aliphatic heterocycles. The Morgan fingerprint density at radius 3 is 2.26 bits per heavy atom. The predicted octanol–water partition coefficient (Wildman–Crippen LogP) is 0.680. The fraction of sp³-hybridized carbons (Fsp3) is 0.880. The van der Waals surface area contributed by atoms with Crippen molar-refractivity contribution in [1.29, 1.82) is 0 Å². The molecular weight excluding hydrogens is 403 g/mol. The predicted molar refractivity (Wildman–Crippen MR) is 110 cm³/mol. The van der Waals surface area contributed by atoms with Gasteiger partial charge in [-0.3, -0.25) is 9.59 Å². The number of hydrogen-bond donors (Lipinski definition) is 0. The summed E-state index contributed by atoms with van der Waals surface area (Å²) in [4.78, 5) is 34.9. The zero-order valence-electron chi connectivity index (χ0n) is 19.8. The molecule has 6 heteroatoms. The molecule has 0 aromatic rings. The minimum absolute atomic E-state index is 0. The molecule has 0 saturated heterocycles. The number of hydrogen-bond acceptors (Lipinski definition) is 5. The molecule has 4 aliphatic rings. The van der Waals surface area contributed by atoms with Crippen molar-refractivity contribution in [2.75, 3.05) is 0 Å². The number of rotatable bonds is 5. The van der Waals surface area contributed by atoms with Crippen LogP contribution in [0.4, 0.5) is 0 Å². The van der Waals surface area contributed by atoms with Gasteiger partial charge in [0.05, 0.1) is 6.42 Å². The first kappa shape index (κ1) is 25.2. The van der Waals surface area contributed by atoms with E-state index in [-0.39, 0.29) is 59.8 Å². The molecule has 0 bridgehead atoms. The first-order valence-corrected chi connectivity index (χ1v) is 12.0. The molecule has 3 unspecified atom stereocenters. The summed E-state index contributed by atoms with van der Waals surface area (Å²) in [6.07, 6.45) is 9.54. The minimum atomic E-state index is -1.20. The van der Waals surface area contributed by atoms with E-state index >= 15 is 0 Å². The fourth-order valence-electron chi connectivity index (χ4n) is 8.44. The van der Waals surface area contributed by atoms with Crippen LogP contribution in [-0.4, -0.2) is 23.8 Å². The first-order chi connectivity index (χ1) is 14.1. The van der Waals surface area contributed by atoms with Crippen LogP contribution in [0, 0.1) is 40.4 Å². The van der Waals surface area contributed by atoms with Crippen molar-refractivity contribution in [2.24, 2.45) is 40.4 Å². The Hall–Kier alpha value is -0.390. The number of aliphatic carboxylic acids is 1. The molecule has 8 atom stereocenters. The molecule has 168 valence electrons. The molecule has 31 heavy (non-hydrogen) atoms. The molecule has 0 spiro atoms. The van der Waals surface area contributed by atoms with Crippen LogP contribution in [0.1, 0.15) is 91.4 Å². The molecule has 4 rings (SSSR count). The van der Waals surface area contributed by atoms with Gasteiger partial charge in [0.15, 0.2) is 0 Å². The van der Waals surface area contributed by atoms with Gasteiger partial charge in [-0.25, -0.2) is 0 Å². The summed E-state index contributed by atoms with van der Waals surface area (Å²) in [7, 11) is 0. The van der Waals surface area contributed by atoms with E-state index in [1.54, 1.807) is 6.92 Å². The standard InChI is InChI=1S/C25H38O5.Na/c1-15(26)19-6-7-20-18-5-4-16-14-17(30-23(29)9-8-22(27)28)10-12-24(16,2)21(18)11-13-25(19,20)3;/h16-21H,4-14H2,1-3H3,(H,27,28);/q;+1/p-1/t16-,17-,18?,19-,20?,21?,24+,25-;/m1./s1. The molecule has 0 amide bonds. The number of esters is 1. The normalized spacial score (nSPS) is 43.6. The Balaban J connectivity index is 0.00000272. The van der Waals surface area contributed by atoms with Crippen molar-refractivity contribution in [3.63, 3.8) is 0 Å². The van der Waals surface area contributed by atoms with Crippen LogP contribution in [0.25, 0.3) is 0 Å². The molecule has 0 radical (unpaired) electrons. The third-order valence-corrected chi connectivity index (χ3v) is 9.94. The van der Waals surface area contributed by atoms with Crippen molar-refractivity contribution in [1.82, 2.24) is 0 Å². The summed E-state index contributed by atoms with van der Waals surface area (Å²) >= 11 is 0. The van der Waals surface area contributed by atoms with Gasteiger partial charge < -0.3 is 14.6 Å². The SMILES string of the molecule is CC(=O)[C@H]1CCC2C3CC[C@@H]4C[C@H](OC(=O)CCC(=O)[O-])CC[C@]4(C)C3CC[C@@]21C.[Na+]. The summed E-state index contributed by atoms with van der Waals surface area (Å²) in [6.45, 7) is 6.66. The average molecular weight is 441 g/mol. The van der Waals surface area contributed by atoms with Crippen LogP contribution in [0.15, 0.2) is 0 Å². The van der Waals surface area contributed by atoms with Gasteiger partial charge in [0, 0.05) is 11.9 Å². The zero-order chi connectivity index (χ0) is 21.7. The van der Waals surface area contributed by atoms with E-state index in [4.69, 9.17) is 4.74 Å². The van der Waals surface area contributed by atoms with E-state index in [2.05, 4.69) is 13.8 Å². The van der Waals surface area contributed by atoms with E-state index in [1.807, 2.05) is 0 Å². The molecule has 0 aromatic heterocycles. The first-order valence-electron chi connectivity index (χ1n) is 12.0. The van der Waals surface area contributed by atoms with Crippen LogP contribution >= 0.6 is 0 Å². The third-order valence-electron chi connectivity index (χ3n) is 9.94. The van der Waals surface area contributed by atoms with Crippen LogP contribution in [0.5, 0.6) is 0 Å². The molecular formula is C25H37NaO5. The van der Waals surface area contributed by atoms with Crippen LogP contribution in [0.3, 0.4) is 0 Å². The van der Waals surface area contributed by atoms with Gasteiger partial charge in [0.2, 0.25) is 0 Å². The van der Waals surface area contributed by atoms with Crippen LogP contribution in [-0.2, 0) is 19.1 Å². The van der Waals surface area contributed by atoms with Gasteiger partial charge in [0.25, 0.3) is 0 Å². The largest absolute Gasteiger partial charge is 1.00 e. The maximum Gasteiger partial charge on any atom is 1.00 e. The number of carbonyl (C=O) groups is 3. The topological polar surface area (TPSA) is 83.5 Å². The molecule has 0 aromatic carbocycles. The zero-order valence-corrected chi connectivity index (χ0v) is 21.8. The van der Waals surface area contributed by atoms with Crippen LogP contribution < -0.4 is 34.7 Å². The Kier molecular flexibility index (Phi) is 7.70. The number of carboxylic acid groups (broad SMARTS) is 1. The number of ether oxygens (including phenoxy) is 1. The van der Waals surface area contributed by atoms with Crippen molar-refractivity contribution in [3.8, 4) is 0 Å². The van der Waals surface area contributed by atoms with Crippen molar-refractivity contribution in [2.45, 2.75) is 97.5 Å². The molecule has 4 saturated carbocycles. The maximum absolute atomic E-state index is 12.3. The Morgan fingerprint density at radius 1 is 0.903 bits per heavy atom. The second-order valence-electron chi connectivity index (χ2n) is 11.2. The molecule has 4 fully saturated rings. The van der Waals surface area contributed by atoms with E-state index in [0.717, 1.165) is 37.5 Å². The number of carbonyl (C=O) groups excluding carboxylic acids is 3. The van der Waals surface area contributed by atoms with E-state index in [9.17, 15) is 19.5 Å². The molecule has 5 nitrogen and oxygen atoms in total. The minimum Gasteiger partial charge on any atom is -0.550 e. The third kappa shape index (κ3) is 4.53. The van der Waals surface area contributed by atoms with Gasteiger partial charge in [-0.1, -0.05) is 13.8 Å². The van der Waals surface area contributed by atoms with Crippen molar-refractivity contribution >= 4 is 17.7 Å². The number of ketones is 1. The summed E-state index contributed by atoms with van der Waals surface area (Å²) in [5.74, 6) is 1.74. The van der Waals surface area contributed by atoms with Gasteiger partial charge in [-0.05, 0) is 106 Å². The van der Waals surface area contributed by atoms with Crippen molar-refractivity contribution < 1.29 is 53.8 Å². The van der Waals surface area contributed by atoms with Gasteiger partial charge in [-0.15, -0.1) is 0 Å². The number of carboxylic acids is 1. The monoisotopic (exact) mass is 440 g/mol. The van der Waals surface area contributed by atoms with Gasteiger partial charge >= 0.3 is 35.5 Å². The second-order valence-corrected chi connectivity index (χ2v) is 11.2. The molecule has 0 heterocycles. The smallest absolute Gasteiger partial charge is 0.550 e. The van der Waals surface area contributed by atoms with E-state index < -0.39 is 11.9 Å². The summed E-state index contributed by atoms with van der Waals surface area (Å²) in [5, 5.41) is 10.6. The van der Waals surface area contributed by atoms with Crippen LogP contribution in [0.2, 0.25) is 0 Å². The Labute approximate surface area is 208 Å². The number of fused-ring (bicyclic) bond motifs is 5. The maximum atomic E-state index is 12.3. The quantitative estimate of drug-likeness (QED) is 0.464. The fourth-order valence-corrected chi connectivity index (χ4v) is 8.44. The molecule has 4 aliphatic carbocycles. The van der Waals surface area contributed by atoms with Crippen molar-refractivity contribution in [3.05, 3.63) is 0 Å². The van der Waals surface area contributed by atoms with E-state index in [0.29, 0.717) is 23.0 Å². The Bertz CT molecular complexity index is 723. The number of Topliss-reactive ketones (excluding diaryl/α,β-unsaturated/α-hetero) is 1. The van der Waals surface area contributed by atoms with Gasteiger partial charge in [-0.2, -0.15) is 0 Å². The second kappa shape index (κ2) is 9.46. The molecule has 0 N–H and O–H groups in total. The van der Waals surface area contributed by atoms with Gasteiger partial charge in [0.1, 0.15) is 11.9 Å². The van der Waals surface area contributed by atoms with E-state index in [1.165, 1.54) is 32.1 Å². The average Bonchev–Trinajstić information content (AvgIpc) is 3.04. The summed E-state index contributed by atoms with van der Waals surface area (Å²) in [5.41, 5.74) is 0.494. The summed E-state index contributed by atoms with van der Waals surface area (Å²) in [6, 6.07) is 0. The summed E-state index contributed by atoms with van der Waals surface area (Å²) < 4.78 is 5.63.